The van der Waals surface area contributed by atoms with Gasteiger partial charge in [0, 0.05) is 30.8 Å². The molecule has 3 rings (SSSR count). The minimum Gasteiger partial charge on any atom is -0.479 e. The van der Waals surface area contributed by atoms with Crippen LogP contribution in [-0.2, 0) is 56.1 Å². The van der Waals surface area contributed by atoms with Crippen LogP contribution in [-0.4, -0.2) is 116 Å². The number of carboxylic acid groups (broad SMARTS) is 1. The third kappa shape index (κ3) is 12.7. The van der Waals surface area contributed by atoms with Crippen molar-refractivity contribution in [1.29, 1.82) is 0 Å². The van der Waals surface area contributed by atoms with Crippen LogP contribution in [0.1, 0.15) is 84.8 Å². The van der Waals surface area contributed by atoms with Crippen LogP contribution in [0, 0.1) is 11.3 Å². The number of ether oxygens (including phenoxy) is 2. The van der Waals surface area contributed by atoms with Crippen molar-refractivity contribution in [2.45, 2.75) is 129 Å². The Labute approximate surface area is 319 Å². The molecule has 0 radical (unpaired) electrons. The number of carbonyl (C=O) groups excluding carboxylic acids is 6. The number of hydrogen-bond donors (Lipinski definition) is 7. The highest BCUT2D eigenvalue weighted by Crippen LogP contribution is 2.27. The number of unbranched alkanes of at least 4 members (excludes halogenated alkanes) is 2. The van der Waals surface area contributed by atoms with Crippen LogP contribution >= 0.6 is 0 Å². The van der Waals surface area contributed by atoms with E-state index in [0.29, 0.717) is 36.1 Å². The van der Waals surface area contributed by atoms with Gasteiger partial charge in [0.15, 0.2) is 6.10 Å². The molecule has 55 heavy (non-hydrogen) atoms. The fraction of sp³-hybridized carbons (Fsp3) is 0.605. The highest BCUT2D eigenvalue weighted by atomic mass is 16.6. The monoisotopic (exact) mass is 774 g/mol. The van der Waals surface area contributed by atoms with Crippen LogP contribution in [0.4, 0.5) is 5.69 Å². The maximum Gasteiger partial charge on any atom is 0.335 e. The molecule has 2 aliphatic heterocycles. The second-order valence-electron chi connectivity index (χ2n) is 15.2. The standard InChI is InChI=1S/C38H54N4O13/c1-20(2)29(41-26(43)10-8-7-9-17-42-27(44)15-16-28(42)45)35(50)39-21(3)34(49)40-24-13-11-23(19-54-37(53)38(4,5)6)22(18-24)12-14-25-30(46)31(47)32(48)33(55-25)36(51)52/h11,13,15-16,18,20-21,25,29-33,46-48H,7-10,12,14,17,19H2,1-6H3,(H,39,50)(H,40,49)(H,41,43)(H,51,52)/t21-,25-,29-,30-,31+,32-,33-/m0/s1. The highest BCUT2D eigenvalue weighted by Gasteiger charge is 2.46. The lowest BCUT2D eigenvalue weighted by Crippen LogP contribution is -2.59. The second-order valence-corrected chi connectivity index (χ2v) is 15.2. The van der Waals surface area contributed by atoms with Gasteiger partial charge in [0.05, 0.1) is 11.5 Å². The lowest BCUT2D eigenvalue weighted by Gasteiger charge is -2.39. The minimum absolute atomic E-state index is 0.0144. The van der Waals surface area contributed by atoms with Crippen LogP contribution in [0.3, 0.4) is 0 Å². The maximum absolute atomic E-state index is 13.2. The summed E-state index contributed by atoms with van der Waals surface area (Å²) in [6.07, 6.45) is -3.91. The van der Waals surface area contributed by atoms with E-state index >= 15 is 0 Å². The molecule has 1 fully saturated rings. The number of aliphatic hydroxyl groups excluding tert-OH is 3. The molecule has 2 aliphatic rings. The molecule has 1 aromatic rings. The second kappa shape index (κ2) is 19.7. The van der Waals surface area contributed by atoms with E-state index in [1.807, 2.05) is 0 Å². The van der Waals surface area contributed by atoms with Gasteiger partial charge in [-0.05, 0) is 82.6 Å². The highest BCUT2D eigenvalue weighted by molar-refractivity contribution is 6.12. The van der Waals surface area contributed by atoms with E-state index in [2.05, 4.69) is 16.0 Å². The minimum atomic E-state index is -1.84. The molecular weight excluding hydrogens is 720 g/mol. The SMILES string of the molecule is CC(C)[C@H](NC(=O)CCCCCN1C(=O)C=CC1=O)C(=O)N[C@@H](C)C(=O)Nc1ccc(COC(=O)C(C)(C)C)c(CC[C@@H]2O[C@H](C(=O)O)[C@@H](O)[C@H](O)[C@H]2O)c1. The molecule has 0 aromatic heterocycles. The molecule has 0 bridgehead atoms. The summed E-state index contributed by atoms with van der Waals surface area (Å²) in [5, 5.41) is 48.3. The summed E-state index contributed by atoms with van der Waals surface area (Å²) in [5.41, 5.74) is 0.603. The predicted octanol–water partition coefficient (Wildman–Crippen LogP) is 0.713. The fourth-order valence-electron chi connectivity index (χ4n) is 5.91. The van der Waals surface area contributed by atoms with Crippen molar-refractivity contribution in [2.75, 3.05) is 11.9 Å². The molecule has 0 aliphatic carbocycles. The summed E-state index contributed by atoms with van der Waals surface area (Å²) in [6, 6.07) is 2.80. The molecule has 5 amide bonds. The first-order valence-electron chi connectivity index (χ1n) is 18.4. The first-order chi connectivity index (χ1) is 25.7. The van der Waals surface area contributed by atoms with Crippen LogP contribution in [0.2, 0.25) is 0 Å². The lowest BCUT2D eigenvalue weighted by molar-refractivity contribution is -0.228. The number of nitrogens with one attached hydrogen (secondary N) is 3. The normalized spacial score (nSPS) is 22.3. The number of carboxylic acids is 1. The Morgan fingerprint density at radius 2 is 1.53 bits per heavy atom. The number of hydrogen-bond acceptors (Lipinski definition) is 12. The average molecular weight is 775 g/mol. The van der Waals surface area contributed by atoms with Crippen molar-refractivity contribution in [1.82, 2.24) is 15.5 Å². The zero-order valence-corrected chi connectivity index (χ0v) is 32.1. The van der Waals surface area contributed by atoms with Crippen LogP contribution in [0.5, 0.6) is 0 Å². The number of carbonyl (C=O) groups is 7. The van der Waals surface area contributed by atoms with Crippen molar-refractivity contribution in [3.8, 4) is 0 Å². The summed E-state index contributed by atoms with van der Waals surface area (Å²) in [4.78, 5) is 87.7. The third-order valence-corrected chi connectivity index (χ3v) is 9.30. The van der Waals surface area contributed by atoms with Gasteiger partial charge in [0.1, 0.15) is 37.0 Å². The lowest BCUT2D eigenvalue weighted by atomic mass is 9.91. The predicted molar refractivity (Wildman–Crippen MR) is 196 cm³/mol. The largest absolute Gasteiger partial charge is 0.479 e. The number of esters is 1. The van der Waals surface area contributed by atoms with E-state index in [4.69, 9.17) is 9.47 Å². The Bertz CT molecular complexity index is 1600. The van der Waals surface area contributed by atoms with Crippen LogP contribution < -0.4 is 16.0 Å². The smallest absolute Gasteiger partial charge is 0.335 e. The van der Waals surface area contributed by atoms with E-state index in [-0.39, 0.29) is 56.1 Å². The quantitative estimate of drug-likeness (QED) is 0.0617. The Kier molecular flexibility index (Phi) is 16.0. The number of nitrogens with zero attached hydrogens (tertiary/aromatic N) is 1. The van der Waals surface area contributed by atoms with Gasteiger partial charge in [-0.3, -0.25) is 33.7 Å². The number of rotatable bonds is 18. The number of aliphatic carboxylic acids is 1. The van der Waals surface area contributed by atoms with Gasteiger partial charge in [-0.2, -0.15) is 0 Å². The first-order valence-corrected chi connectivity index (χ1v) is 18.4. The molecule has 0 saturated carbocycles. The number of benzene rings is 1. The Hall–Kier alpha value is -4.71. The molecule has 2 heterocycles. The van der Waals surface area contributed by atoms with Crippen molar-refractivity contribution >= 4 is 47.2 Å². The molecule has 17 heteroatoms. The van der Waals surface area contributed by atoms with Crippen LogP contribution in [0.15, 0.2) is 30.4 Å². The van der Waals surface area contributed by atoms with Gasteiger partial charge < -0.3 is 45.9 Å². The number of aliphatic hydroxyl groups is 3. The van der Waals surface area contributed by atoms with Gasteiger partial charge >= 0.3 is 11.9 Å². The zero-order valence-electron chi connectivity index (χ0n) is 32.1. The topological polar surface area (TPSA) is 258 Å². The molecule has 7 atom stereocenters. The zero-order chi connectivity index (χ0) is 41.2. The Balaban J connectivity index is 1.62. The third-order valence-electron chi connectivity index (χ3n) is 9.30. The molecule has 0 unspecified atom stereocenters. The van der Waals surface area contributed by atoms with Gasteiger partial charge in [-0.15, -0.1) is 0 Å². The molecule has 1 aromatic carbocycles. The number of aryl methyl sites for hydroxylation is 1. The van der Waals surface area contributed by atoms with Gasteiger partial charge in [0.25, 0.3) is 11.8 Å². The molecule has 304 valence electrons. The maximum atomic E-state index is 13.2. The van der Waals surface area contributed by atoms with Crippen molar-refractivity contribution in [3.05, 3.63) is 41.5 Å². The van der Waals surface area contributed by atoms with Crippen molar-refractivity contribution in [3.63, 3.8) is 0 Å². The van der Waals surface area contributed by atoms with E-state index in [0.717, 1.165) is 4.90 Å². The van der Waals surface area contributed by atoms with Crippen LogP contribution in [0.25, 0.3) is 0 Å². The molecule has 0 spiro atoms. The summed E-state index contributed by atoms with van der Waals surface area (Å²) in [7, 11) is 0. The summed E-state index contributed by atoms with van der Waals surface area (Å²) < 4.78 is 10.9. The fourth-order valence-corrected chi connectivity index (χ4v) is 5.91. The van der Waals surface area contributed by atoms with E-state index in [9.17, 15) is 54.0 Å². The van der Waals surface area contributed by atoms with Crippen molar-refractivity contribution in [2.24, 2.45) is 11.3 Å². The molecule has 7 N–H and O–H groups in total. The Morgan fingerprint density at radius 1 is 0.873 bits per heavy atom. The molecule has 1 saturated heterocycles. The Morgan fingerprint density at radius 3 is 2.13 bits per heavy atom. The number of imide groups is 1. The van der Waals surface area contributed by atoms with E-state index in [1.54, 1.807) is 52.8 Å². The first kappa shape index (κ1) is 44.7. The summed E-state index contributed by atoms with van der Waals surface area (Å²) >= 11 is 0. The van der Waals surface area contributed by atoms with Gasteiger partial charge in [-0.25, -0.2) is 4.79 Å². The van der Waals surface area contributed by atoms with E-state index in [1.165, 1.54) is 19.1 Å². The van der Waals surface area contributed by atoms with Gasteiger partial charge in [0.2, 0.25) is 17.7 Å². The number of amides is 5. The molecular formula is C38H54N4O13. The van der Waals surface area contributed by atoms with E-state index < -0.39 is 71.8 Å². The molecule has 17 nitrogen and oxygen atoms in total. The number of anilines is 1. The van der Waals surface area contributed by atoms with Gasteiger partial charge in [-0.1, -0.05) is 26.3 Å². The summed E-state index contributed by atoms with van der Waals surface area (Å²) in [6.45, 7) is 10.2. The average Bonchev–Trinajstić information content (AvgIpc) is 3.43. The van der Waals surface area contributed by atoms with Crippen molar-refractivity contribution < 1.29 is 63.5 Å². The summed E-state index contributed by atoms with van der Waals surface area (Å²) in [5.74, 6) is -4.53.